The lowest BCUT2D eigenvalue weighted by atomic mass is 9.90. The van der Waals surface area contributed by atoms with Gasteiger partial charge in [0.2, 0.25) is 11.5 Å². The van der Waals surface area contributed by atoms with Crippen LogP contribution in [0.2, 0.25) is 0 Å². The summed E-state index contributed by atoms with van der Waals surface area (Å²) < 4.78 is 0. The third kappa shape index (κ3) is 8.61. The zero-order valence-corrected chi connectivity index (χ0v) is 20.5. The molecule has 0 aromatic heterocycles. The zero-order chi connectivity index (χ0) is 26.2. The summed E-state index contributed by atoms with van der Waals surface area (Å²) in [4.78, 5) is 67.5. The molecule has 3 atom stereocenters. The molecular formula is C23H36N4O8. The summed E-state index contributed by atoms with van der Waals surface area (Å²) in [5.41, 5.74) is -1.09. The minimum absolute atomic E-state index is 0.0149. The molecular weight excluding hydrogens is 460 g/mol. The molecule has 0 aliphatic carbocycles. The summed E-state index contributed by atoms with van der Waals surface area (Å²) in [6.07, 6.45) is 2.00. The molecule has 0 aromatic carbocycles. The van der Waals surface area contributed by atoms with Crippen molar-refractivity contribution in [3.05, 3.63) is 0 Å². The van der Waals surface area contributed by atoms with Gasteiger partial charge in [0.15, 0.2) is 5.78 Å². The van der Waals surface area contributed by atoms with Gasteiger partial charge in [0.25, 0.3) is 5.91 Å². The minimum Gasteiger partial charge on any atom is -0.481 e. The van der Waals surface area contributed by atoms with Gasteiger partial charge in [-0.1, -0.05) is 25.4 Å². The van der Waals surface area contributed by atoms with Crippen molar-refractivity contribution in [2.24, 2.45) is 11.1 Å². The molecule has 2 aliphatic rings. The molecule has 0 radical (unpaired) electrons. The van der Waals surface area contributed by atoms with Gasteiger partial charge in [-0.25, -0.2) is 0 Å². The van der Waals surface area contributed by atoms with Gasteiger partial charge in [-0.2, -0.15) is 0 Å². The summed E-state index contributed by atoms with van der Waals surface area (Å²) in [6.45, 7) is 6.73. The number of carboxylic acids is 2. The van der Waals surface area contributed by atoms with E-state index in [4.69, 9.17) is 9.94 Å². The predicted molar refractivity (Wildman–Crippen MR) is 125 cm³/mol. The van der Waals surface area contributed by atoms with E-state index >= 15 is 0 Å². The monoisotopic (exact) mass is 496 g/mol. The average molecular weight is 497 g/mol. The number of carbonyl (C=O) groups is 5. The Morgan fingerprint density at radius 3 is 2.26 bits per heavy atom. The molecule has 2 aliphatic heterocycles. The number of carboxylic acid groups (broad SMARTS) is 2. The fraction of sp³-hybridized carbons (Fsp3) is 0.739. The molecule has 2 amide bonds. The highest BCUT2D eigenvalue weighted by Gasteiger charge is 2.45. The Labute approximate surface area is 204 Å². The number of piperidine rings is 1. The number of hydrogen-bond donors (Lipinski definition) is 4. The van der Waals surface area contributed by atoms with Gasteiger partial charge < -0.3 is 25.7 Å². The zero-order valence-electron chi connectivity index (χ0n) is 20.5. The van der Waals surface area contributed by atoms with Gasteiger partial charge in [-0.3, -0.25) is 28.9 Å². The standard InChI is InChI=1S/C23H36N4O8/c1-14(2)21(25-18(29)7-8-19(30)31)16-12-23(3,35-26-16)22(34)24-15(11-20(32)33)17(28)13-27-9-5-4-6-10-27/h14-15,21H,4-13H2,1-3H3,(H,24,34)(H,25,29)(H,30,31)(H,32,33)/t15-,21?,23?/m0/s1. The van der Waals surface area contributed by atoms with Gasteiger partial charge >= 0.3 is 11.9 Å². The highest BCUT2D eigenvalue weighted by Crippen LogP contribution is 2.27. The van der Waals surface area contributed by atoms with Crippen molar-refractivity contribution >= 4 is 35.2 Å². The molecule has 1 saturated heterocycles. The first kappa shape index (κ1) is 28.2. The van der Waals surface area contributed by atoms with E-state index in [0.29, 0.717) is 5.71 Å². The first-order valence-corrected chi connectivity index (χ1v) is 11.9. The fourth-order valence-electron chi connectivity index (χ4n) is 4.14. The highest BCUT2D eigenvalue weighted by molar-refractivity contribution is 6.01. The molecule has 4 N–H and O–H groups in total. The number of carbonyl (C=O) groups excluding carboxylic acids is 3. The molecule has 35 heavy (non-hydrogen) atoms. The number of rotatable bonds is 13. The van der Waals surface area contributed by atoms with Crippen LogP contribution in [0.5, 0.6) is 0 Å². The summed E-state index contributed by atoms with van der Waals surface area (Å²) in [7, 11) is 0. The van der Waals surface area contributed by atoms with E-state index in [1.807, 2.05) is 18.7 Å². The van der Waals surface area contributed by atoms with Crippen molar-refractivity contribution in [2.75, 3.05) is 19.6 Å². The predicted octanol–water partition coefficient (Wildman–Crippen LogP) is 0.542. The number of nitrogens with zero attached hydrogens (tertiary/aromatic N) is 2. The van der Waals surface area contributed by atoms with Gasteiger partial charge in [-0.15, -0.1) is 0 Å². The van der Waals surface area contributed by atoms with E-state index in [2.05, 4.69) is 15.8 Å². The SMILES string of the molecule is CC(C)C(NC(=O)CCC(=O)O)C1=NOC(C)(C(=O)N[C@@H](CC(=O)O)C(=O)CN2CCCCC2)C1. The van der Waals surface area contributed by atoms with Crippen molar-refractivity contribution in [1.29, 1.82) is 0 Å². The molecule has 12 nitrogen and oxygen atoms in total. The average Bonchev–Trinajstić information content (AvgIpc) is 3.18. The lowest BCUT2D eigenvalue weighted by molar-refractivity contribution is -0.146. The topological polar surface area (TPSA) is 175 Å². The van der Waals surface area contributed by atoms with E-state index in [0.717, 1.165) is 32.4 Å². The van der Waals surface area contributed by atoms with Crippen LogP contribution in [-0.2, 0) is 28.8 Å². The number of ketones is 1. The third-order valence-corrected chi connectivity index (χ3v) is 6.17. The van der Waals surface area contributed by atoms with Crippen molar-refractivity contribution in [3.8, 4) is 0 Å². The first-order chi connectivity index (χ1) is 16.4. The molecule has 2 heterocycles. The second-order valence-corrected chi connectivity index (χ2v) is 9.69. The van der Waals surface area contributed by atoms with Crippen molar-refractivity contribution < 1.29 is 39.0 Å². The molecule has 0 aromatic rings. The van der Waals surface area contributed by atoms with Crippen molar-refractivity contribution in [1.82, 2.24) is 15.5 Å². The second-order valence-electron chi connectivity index (χ2n) is 9.69. The van der Waals surface area contributed by atoms with E-state index in [-0.39, 0.29) is 37.5 Å². The Bertz CT molecular complexity index is 852. The fourth-order valence-corrected chi connectivity index (χ4v) is 4.14. The molecule has 196 valence electrons. The Morgan fingerprint density at radius 2 is 1.69 bits per heavy atom. The lowest BCUT2D eigenvalue weighted by Crippen LogP contribution is -2.54. The van der Waals surface area contributed by atoms with Crippen LogP contribution < -0.4 is 10.6 Å². The van der Waals surface area contributed by atoms with Crippen molar-refractivity contribution in [2.45, 2.75) is 83.4 Å². The van der Waals surface area contributed by atoms with Crippen molar-refractivity contribution in [3.63, 3.8) is 0 Å². The van der Waals surface area contributed by atoms with E-state index in [1.165, 1.54) is 6.92 Å². The Morgan fingerprint density at radius 1 is 1.03 bits per heavy atom. The minimum atomic E-state index is -1.49. The Kier molecular flexibility index (Phi) is 10.2. The summed E-state index contributed by atoms with van der Waals surface area (Å²) in [5, 5.41) is 27.3. The number of hydrogen-bond acceptors (Lipinski definition) is 8. The van der Waals surface area contributed by atoms with Gasteiger partial charge in [0.05, 0.1) is 37.2 Å². The smallest absolute Gasteiger partial charge is 0.305 e. The highest BCUT2D eigenvalue weighted by atomic mass is 16.7. The van der Waals surface area contributed by atoms with Gasteiger partial charge in [0, 0.05) is 12.8 Å². The molecule has 0 spiro atoms. The van der Waals surface area contributed by atoms with Crippen LogP contribution in [0.3, 0.4) is 0 Å². The summed E-state index contributed by atoms with van der Waals surface area (Å²) in [6, 6.07) is -1.79. The second kappa shape index (κ2) is 12.6. The van der Waals surface area contributed by atoms with Crippen LogP contribution in [0.1, 0.15) is 65.7 Å². The maximum atomic E-state index is 13.1. The molecule has 2 rings (SSSR count). The summed E-state index contributed by atoms with van der Waals surface area (Å²) in [5.74, 6) is -3.93. The number of Topliss-reactive ketones (excluding diaryl/α,β-unsaturated/α-hetero) is 1. The van der Waals surface area contributed by atoms with Crippen LogP contribution in [0.25, 0.3) is 0 Å². The van der Waals surface area contributed by atoms with Gasteiger partial charge in [-0.05, 0) is 38.8 Å². The molecule has 1 fully saturated rings. The molecule has 0 saturated carbocycles. The number of amides is 2. The maximum absolute atomic E-state index is 13.1. The molecule has 0 bridgehead atoms. The number of aliphatic carboxylic acids is 2. The van der Waals surface area contributed by atoms with E-state index < -0.39 is 47.9 Å². The molecule has 2 unspecified atom stereocenters. The van der Waals surface area contributed by atoms with Crippen LogP contribution in [-0.4, -0.2) is 87.7 Å². The van der Waals surface area contributed by atoms with Crippen LogP contribution in [0.15, 0.2) is 5.16 Å². The lowest BCUT2D eigenvalue weighted by Gasteiger charge is -2.29. The largest absolute Gasteiger partial charge is 0.481 e. The van der Waals surface area contributed by atoms with Crippen LogP contribution >= 0.6 is 0 Å². The number of oxime groups is 1. The van der Waals surface area contributed by atoms with E-state index in [1.54, 1.807) is 0 Å². The quantitative estimate of drug-likeness (QED) is 0.284. The van der Waals surface area contributed by atoms with Gasteiger partial charge in [0.1, 0.15) is 0 Å². The van der Waals surface area contributed by atoms with Crippen LogP contribution in [0.4, 0.5) is 0 Å². The number of nitrogens with one attached hydrogen (secondary N) is 2. The van der Waals surface area contributed by atoms with E-state index in [9.17, 15) is 29.1 Å². The summed E-state index contributed by atoms with van der Waals surface area (Å²) >= 11 is 0. The normalized spacial score (nSPS) is 22.0. The first-order valence-electron chi connectivity index (χ1n) is 11.9. The number of likely N-dealkylation sites (tertiary alicyclic amines) is 1. The maximum Gasteiger partial charge on any atom is 0.305 e. The Balaban J connectivity index is 2.02. The Hall–Kier alpha value is -3.02. The third-order valence-electron chi connectivity index (χ3n) is 6.17. The van der Waals surface area contributed by atoms with Crippen LogP contribution in [0, 0.1) is 5.92 Å². The molecule has 12 heteroatoms.